The molecular formula is C13H26N4O3S. The predicted octanol–water partition coefficient (Wildman–Crippen LogP) is -0.640. The summed E-state index contributed by atoms with van der Waals surface area (Å²) in [6, 6.07) is 0. The van der Waals surface area contributed by atoms with Gasteiger partial charge in [-0.25, -0.2) is 5.14 Å². The number of rotatable bonds is 4. The van der Waals surface area contributed by atoms with Gasteiger partial charge in [0.2, 0.25) is 5.91 Å². The normalized spacial score (nSPS) is 26.6. The fourth-order valence-electron chi connectivity index (χ4n) is 3.13. The lowest BCUT2D eigenvalue weighted by Crippen LogP contribution is -2.52. The Bertz CT molecular complexity index is 454. The van der Waals surface area contributed by atoms with Crippen LogP contribution in [0.25, 0.3) is 0 Å². The van der Waals surface area contributed by atoms with Crippen LogP contribution in [0.3, 0.4) is 0 Å². The predicted molar refractivity (Wildman–Crippen MR) is 80.6 cm³/mol. The number of carbonyl (C=O) groups excluding carboxylic acids is 1. The van der Waals surface area contributed by atoms with Crippen LogP contribution in [0.2, 0.25) is 0 Å². The van der Waals surface area contributed by atoms with Crippen LogP contribution in [-0.2, 0) is 15.0 Å². The van der Waals surface area contributed by atoms with Crippen LogP contribution in [0.5, 0.6) is 0 Å². The molecule has 2 unspecified atom stereocenters. The molecule has 2 aliphatic rings. The summed E-state index contributed by atoms with van der Waals surface area (Å²) in [5.41, 5.74) is 0. The summed E-state index contributed by atoms with van der Waals surface area (Å²) < 4.78 is 23.7. The Morgan fingerprint density at radius 2 is 2.00 bits per heavy atom. The maximum atomic E-state index is 12.3. The molecule has 0 radical (unpaired) electrons. The quantitative estimate of drug-likeness (QED) is 0.721. The van der Waals surface area contributed by atoms with Crippen LogP contribution in [0.1, 0.15) is 26.2 Å². The molecule has 2 atom stereocenters. The number of nitrogens with one attached hydrogen (secondary N) is 1. The molecule has 2 aliphatic heterocycles. The van der Waals surface area contributed by atoms with E-state index in [1.807, 2.05) is 0 Å². The maximum Gasteiger partial charge on any atom is 0.277 e. The van der Waals surface area contributed by atoms with E-state index in [1.54, 1.807) is 4.90 Å². The smallest absolute Gasteiger partial charge is 0.277 e. The lowest BCUT2D eigenvalue weighted by atomic mass is 9.85. The van der Waals surface area contributed by atoms with Crippen molar-refractivity contribution in [3.8, 4) is 0 Å². The number of hydrogen-bond acceptors (Lipinski definition) is 4. The van der Waals surface area contributed by atoms with Gasteiger partial charge in [0.05, 0.1) is 0 Å². The Morgan fingerprint density at radius 1 is 1.33 bits per heavy atom. The first-order valence-electron chi connectivity index (χ1n) is 7.64. The Kier molecular flexibility index (Phi) is 5.59. The molecule has 0 aromatic carbocycles. The van der Waals surface area contributed by atoms with E-state index in [-0.39, 0.29) is 5.91 Å². The van der Waals surface area contributed by atoms with E-state index in [4.69, 9.17) is 5.14 Å². The van der Waals surface area contributed by atoms with Crippen molar-refractivity contribution < 1.29 is 13.2 Å². The molecule has 0 aromatic heterocycles. The number of carbonyl (C=O) groups is 1. The van der Waals surface area contributed by atoms with Crippen molar-refractivity contribution in [2.45, 2.75) is 26.2 Å². The number of nitrogens with zero attached hydrogens (tertiary/aromatic N) is 2. The van der Waals surface area contributed by atoms with Crippen molar-refractivity contribution in [3.05, 3.63) is 0 Å². The van der Waals surface area contributed by atoms with Gasteiger partial charge in [-0.3, -0.25) is 4.79 Å². The topological polar surface area (TPSA) is 95.7 Å². The third-order valence-electron chi connectivity index (χ3n) is 4.59. The van der Waals surface area contributed by atoms with Gasteiger partial charge in [-0.05, 0) is 37.8 Å². The first-order valence-corrected chi connectivity index (χ1v) is 9.14. The Morgan fingerprint density at radius 3 is 2.52 bits per heavy atom. The summed E-state index contributed by atoms with van der Waals surface area (Å²) in [6.45, 7) is 5.67. The molecule has 0 bridgehead atoms. The average molecular weight is 318 g/mol. The van der Waals surface area contributed by atoms with E-state index in [9.17, 15) is 13.2 Å². The molecule has 122 valence electrons. The van der Waals surface area contributed by atoms with Gasteiger partial charge in [0.1, 0.15) is 0 Å². The van der Waals surface area contributed by atoms with Gasteiger partial charge in [0.25, 0.3) is 10.2 Å². The van der Waals surface area contributed by atoms with Crippen molar-refractivity contribution >= 4 is 16.1 Å². The molecule has 21 heavy (non-hydrogen) atoms. The van der Waals surface area contributed by atoms with Gasteiger partial charge in [-0.15, -0.1) is 0 Å². The highest BCUT2D eigenvalue weighted by Gasteiger charge is 2.28. The number of piperazine rings is 1. The molecule has 7 nitrogen and oxygen atoms in total. The second kappa shape index (κ2) is 7.04. The van der Waals surface area contributed by atoms with E-state index in [0.717, 1.165) is 13.1 Å². The number of piperidine rings is 1. The second-order valence-corrected chi connectivity index (χ2v) is 7.66. The molecule has 8 heteroatoms. The minimum atomic E-state index is -3.63. The molecule has 0 saturated carbocycles. The maximum absolute atomic E-state index is 12.3. The van der Waals surface area contributed by atoms with Crippen LogP contribution in [-0.4, -0.2) is 62.8 Å². The SMILES string of the molecule is CC(CC(=O)N1CCN(S(N)(=O)=O)CC1)C1CCCNC1. The standard InChI is InChI=1S/C13H26N4O3S/c1-11(12-3-2-4-15-10-12)9-13(18)16-5-7-17(8-6-16)21(14,19)20/h11-12,15H,2-10H2,1H3,(H2,14,19,20). The fourth-order valence-corrected chi connectivity index (χ4v) is 3.80. The van der Waals surface area contributed by atoms with E-state index in [0.29, 0.717) is 44.4 Å². The van der Waals surface area contributed by atoms with Crippen LogP contribution >= 0.6 is 0 Å². The molecular weight excluding hydrogens is 292 g/mol. The zero-order valence-corrected chi connectivity index (χ0v) is 13.4. The van der Waals surface area contributed by atoms with E-state index in [1.165, 1.54) is 17.1 Å². The molecule has 0 aliphatic carbocycles. The Labute approximate surface area is 127 Å². The lowest BCUT2D eigenvalue weighted by Gasteiger charge is -2.34. The summed E-state index contributed by atoms with van der Waals surface area (Å²) in [6.07, 6.45) is 2.90. The highest BCUT2D eigenvalue weighted by molar-refractivity contribution is 7.86. The van der Waals surface area contributed by atoms with Crippen molar-refractivity contribution in [2.75, 3.05) is 39.3 Å². The van der Waals surface area contributed by atoms with Gasteiger partial charge >= 0.3 is 0 Å². The highest BCUT2D eigenvalue weighted by atomic mass is 32.2. The summed E-state index contributed by atoms with van der Waals surface area (Å²) in [5.74, 6) is 1.05. The Balaban J connectivity index is 1.79. The summed E-state index contributed by atoms with van der Waals surface area (Å²) in [4.78, 5) is 14.1. The highest BCUT2D eigenvalue weighted by Crippen LogP contribution is 2.23. The van der Waals surface area contributed by atoms with Crippen molar-refractivity contribution in [1.29, 1.82) is 0 Å². The van der Waals surface area contributed by atoms with Gasteiger partial charge in [0, 0.05) is 32.6 Å². The fraction of sp³-hybridized carbons (Fsp3) is 0.923. The van der Waals surface area contributed by atoms with Gasteiger partial charge in [-0.2, -0.15) is 12.7 Å². The van der Waals surface area contributed by atoms with Gasteiger partial charge in [-0.1, -0.05) is 6.92 Å². The van der Waals surface area contributed by atoms with E-state index >= 15 is 0 Å². The summed E-state index contributed by atoms with van der Waals surface area (Å²) in [5, 5.41) is 8.48. The average Bonchev–Trinajstić information content (AvgIpc) is 2.47. The first kappa shape index (κ1) is 16.7. The molecule has 2 heterocycles. The van der Waals surface area contributed by atoms with Crippen LogP contribution < -0.4 is 10.5 Å². The van der Waals surface area contributed by atoms with Crippen LogP contribution in [0.15, 0.2) is 0 Å². The van der Waals surface area contributed by atoms with Gasteiger partial charge < -0.3 is 10.2 Å². The number of amides is 1. The molecule has 0 spiro atoms. The molecule has 2 rings (SSSR count). The molecule has 2 fully saturated rings. The third-order valence-corrected chi connectivity index (χ3v) is 5.67. The van der Waals surface area contributed by atoms with Crippen LogP contribution in [0.4, 0.5) is 0 Å². The van der Waals surface area contributed by atoms with Crippen molar-refractivity contribution in [2.24, 2.45) is 17.0 Å². The first-order chi connectivity index (χ1) is 9.88. The number of nitrogens with two attached hydrogens (primary N) is 1. The zero-order chi connectivity index (χ0) is 15.5. The largest absolute Gasteiger partial charge is 0.340 e. The van der Waals surface area contributed by atoms with Crippen molar-refractivity contribution in [1.82, 2.24) is 14.5 Å². The molecule has 0 aromatic rings. The second-order valence-electron chi connectivity index (χ2n) is 6.11. The Hall–Kier alpha value is -0.700. The lowest BCUT2D eigenvalue weighted by molar-refractivity contribution is -0.133. The zero-order valence-electron chi connectivity index (χ0n) is 12.6. The third kappa shape index (κ3) is 4.64. The molecule has 2 saturated heterocycles. The van der Waals surface area contributed by atoms with E-state index < -0.39 is 10.2 Å². The monoisotopic (exact) mass is 318 g/mol. The number of hydrogen-bond donors (Lipinski definition) is 2. The van der Waals surface area contributed by atoms with Crippen molar-refractivity contribution in [3.63, 3.8) is 0 Å². The summed E-state index contributed by atoms with van der Waals surface area (Å²) in [7, 11) is -3.63. The van der Waals surface area contributed by atoms with E-state index in [2.05, 4.69) is 12.2 Å². The molecule has 3 N–H and O–H groups in total. The summed E-state index contributed by atoms with van der Waals surface area (Å²) >= 11 is 0. The minimum Gasteiger partial charge on any atom is -0.340 e. The van der Waals surface area contributed by atoms with Gasteiger partial charge in [0.15, 0.2) is 0 Å². The molecule has 1 amide bonds. The van der Waals surface area contributed by atoms with Crippen LogP contribution in [0, 0.1) is 11.8 Å². The minimum absolute atomic E-state index is 0.127.